The van der Waals surface area contributed by atoms with Crippen LogP contribution in [0.15, 0.2) is 65.9 Å². The summed E-state index contributed by atoms with van der Waals surface area (Å²) in [5, 5.41) is 13.3. The molecule has 0 bridgehead atoms. The largest absolute Gasteiger partial charge is 0.360 e. The Labute approximate surface area is 165 Å². The van der Waals surface area contributed by atoms with Crippen molar-refractivity contribution < 1.29 is 4.79 Å². The first kappa shape index (κ1) is 17.0. The molecular weight excluding hydrogens is 364 g/mol. The number of fused-ring (bicyclic) bond motifs is 2. The topological polar surface area (TPSA) is 102 Å². The summed E-state index contributed by atoms with van der Waals surface area (Å²) in [6.45, 7) is 1.98. The highest BCUT2D eigenvalue weighted by Gasteiger charge is 2.13. The van der Waals surface area contributed by atoms with Gasteiger partial charge in [-0.25, -0.2) is 5.43 Å². The van der Waals surface area contributed by atoms with Gasteiger partial charge in [-0.3, -0.25) is 9.89 Å². The van der Waals surface area contributed by atoms with E-state index in [1.807, 2.05) is 61.7 Å². The fourth-order valence-corrected chi connectivity index (χ4v) is 3.54. The number of aryl methyl sites for hydroxylation is 1. The number of benzene rings is 2. The number of hydrogen-bond acceptors (Lipinski definition) is 3. The normalized spacial score (nSPS) is 11.6. The number of hydrazone groups is 1. The van der Waals surface area contributed by atoms with E-state index in [0.717, 1.165) is 38.6 Å². The van der Waals surface area contributed by atoms with Crippen LogP contribution in [-0.2, 0) is 0 Å². The predicted octanol–water partition coefficient (Wildman–Crippen LogP) is 4.11. The molecule has 7 nitrogen and oxygen atoms in total. The van der Waals surface area contributed by atoms with Gasteiger partial charge in [-0.1, -0.05) is 36.4 Å². The number of H-pyrrole nitrogens is 3. The van der Waals surface area contributed by atoms with Gasteiger partial charge in [0.2, 0.25) is 0 Å². The summed E-state index contributed by atoms with van der Waals surface area (Å²) < 4.78 is 0. The standard InChI is InChI=1S/C22H18N6O/c1-13-16(14-6-3-5-9-19(14)25-13)12-24-28-22(29)21-10-20(26-27-21)17-11-23-18-8-4-2-7-15(17)18/h2-12,23,25H,1H3,(H,26,27)(H,28,29). The Balaban J connectivity index is 1.35. The Morgan fingerprint density at radius 3 is 2.69 bits per heavy atom. The molecule has 0 unspecified atom stereocenters. The molecule has 1 amide bonds. The molecule has 3 heterocycles. The average molecular weight is 382 g/mol. The lowest BCUT2D eigenvalue weighted by Crippen LogP contribution is -2.18. The van der Waals surface area contributed by atoms with Gasteiger partial charge in [-0.2, -0.15) is 10.2 Å². The van der Waals surface area contributed by atoms with Gasteiger partial charge in [-0.15, -0.1) is 0 Å². The van der Waals surface area contributed by atoms with Crippen LogP contribution in [0.4, 0.5) is 0 Å². The summed E-state index contributed by atoms with van der Waals surface area (Å²) in [7, 11) is 0. The van der Waals surface area contributed by atoms with Crippen LogP contribution in [0.3, 0.4) is 0 Å². The molecule has 0 aliphatic rings. The molecule has 3 aromatic heterocycles. The van der Waals surface area contributed by atoms with Gasteiger partial charge in [-0.05, 0) is 25.1 Å². The Kier molecular flexibility index (Phi) is 3.98. The molecule has 4 N–H and O–H groups in total. The third-order valence-corrected chi connectivity index (χ3v) is 4.99. The van der Waals surface area contributed by atoms with Crippen LogP contribution in [0.25, 0.3) is 33.1 Å². The van der Waals surface area contributed by atoms with Crippen molar-refractivity contribution in [3.05, 3.63) is 77.7 Å². The average Bonchev–Trinajstić information content (AvgIpc) is 3.45. The van der Waals surface area contributed by atoms with Crippen LogP contribution < -0.4 is 5.43 Å². The number of para-hydroxylation sites is 2. The minimum atomic E-state index is -0.350. The van der Waals surface area contributed by atoms with Gasteiger partial charge in [0.15, 0.2) is 0 Å². The van der Waals surface area contributed by atoms with E-state index in [1.54, 1.807) is 12.3 Å². The highest BCUT2D eigenvalue weighted by atomic mass is 16.2. The number of aromatic amines is 3. The first-order chi connectivity index (χ1) is 14.2. The molecule has 0 saturated carbocycles. The predicted molar refractivity (Wildman–Crippen MR) is 114 cm³/mol. The highest BCUT2D eigenvalue weighted by molar-refractivity contribution is 6.02. The van der Waals surface area contributed by atoms with Crippen molar-refractivity contribution in [2.75, 3.05) is 0 Å². The zero-order valence-corrected chi connectivity index (χ0v) is 15.7. The van der Waals surface area contributed by atoms with Gasteiger partial charge in [0.1, 0.15) is 5.69 Å². The Hall–Kier alpha value is -4.13. The zero-order chi connectivity index (χ0) is 19.8. The summed E-state index contributed by atoms with van der Waals surface area (Å²) >= 11 is 0. The van der Waals surface area contributed by atoms with Crippen molar-refractivity contribution in [2.24, 2.45) is 5.10 Å². The lowest BCUT2D eigenvalue weighted by Gasteiger charge is -1.96. The van der Waals surface area contributed by atoms with E-state index in [-0.39, 0.29) is 5.91 Å². The minimum Gasteiger partial charge on any atom is -0.360 e. The molecule has 0 atom stereocenters. The first-order valence-corrected chi connectivity index (χ1v) is 9.23. The molecule has 142 valence electrons. The zero-order valence-electron chi connectivity index (χ0n) is 15.7. The minimum absolute atomic E-state index is 0.345. The van der Waals surface area contributed by atoms with Crippen molar-refractivity contribution in [1.29, 1.82) is 0 Å². The van der Waals surface area contributed by atoms with E-state index >= 15 is 0 Å². The summed E-state index contributed by atoms with van der Waals surface area (Å²) in [5.74, 6) is -0.350. The van der Waals surface area contributed by atoms with Crippen molar-refractivity contribution in [2.45, 2.75) is 6.92 Å². The molecule has 29 heavy (non-hydrogen) atoms. The van der Waals surface area contributed by atoms with E-state index in [4.69, 9.17) is 0 Å². The fourth-order valence-electron chi connectivity index (χ4n) is 3.54. The summed E-state index contributed by atoms with van der Waals surface area (Å²) in [6.07, 6.45) is 3.55. The van der Waals surface area contributed by atoms with Crippen LogP contribution in [0, 0.1) is 6.92 Å². The van der Waals surface area contributed by atoms with Crippen LogP contribution in [0.1, 0.15) is 21.7 Å². The lowest BCUT2D eigenvalue weighted by molar-refractivity contribution is 0.0950. The number of rotatable bonds is 4. The maximum absolute atomic E-state index is 12.5. The first-order valence-electron chi connectivity index (χ1n) is 9.23. The molecular formula is C22H18N6O. The quantitative estimate of drug-likeness (QED) is 0.278. The molecule has 0 fully saturated rings. The number of carbonyl (C=O) groups excluding carboxylic acids is 1. The molecule has 7 heteroatoms. The molecule has 0 aliphatic heterocycles. The number of hydrogen-bond donors (Lipinski definition) is 4. The molecule has 0 saturated heterocycles. The molecule has 2 aromatic carbocycles. The second kappa shape index (κ2) is 6.79. The molecule has 0 aliphatic carbocycles. The second-order valence-corrected chi connectivity index (χ2v) is 6.82. The van der Waals surface area contributed by atoms with Crippen molar-refractivity contribution in [1.82, 2.24) is 25.6 Å². The van der Waals surface area contributed by atoms with Crippen LogP contribution in [0.5, 0.6) is 0 Å². The number of carbonyl (C=O) groups is 1. The van der Waals surface area contributed by atoms with Crippen LogP contribution >= 0.6 is 0 Å². The molecule has 0 spiro atoms. The maximum Gasteiger partial charge on any atom is 0.289 e. The number of aromatic nitrogens is 4. The fraction of sp³-hybridized carbons (Fsp3) is 0.0455. The summed E-state index contributed by atoms with van der Waals surface area (Å²) in [4.78, 5) is 19.0. The lowest BCUT2D eigenvalue weighted by atomic mass is 10.1. The van der Waals surface area contributed by atoms with Crippen molar-refractivity contribution in [3.63, 3.8) is 0 Å². The van der Waals surface area contributed by atoms with Gasteiger partial charge < -0.3 is 9.97 Å². The maximum atomic E-state index is 12.5. The number of nitrogens with zero attached hydrogens (tertiary/aromatic N) is 2. The van der Waals surface area contributed by atoms with E-state index in [2.05, 4.69) is 30.7 Å². The van der Waals surface area contributed by atoms with E-state index in [1.165, 1.54) is 0 Å². The Morgan fingerprint density at radius 2 is 1.83 bits per heavy atom. The summed E-state index contributed by atoms with van der Waals surface area (Å²) in [5.41, 5.74) is 8.55. The van der Waals surface area contributed by atoms with E-state index in [9.17, 15) is 4.79 Å². The molecule has 0 radical (unpaired) electrons. The van der Waals surface area contributed by atoms with Gasteiger partial charge >= 0.3 is 0 Å². The van der Waals surface area contributed by atoms with E-state index < -0.39 is 0 Å². The van der Waals surface area contributed by atoms with E-state index in [0.29, 0.717) is 11.4 Å². The van der Waals surface area contributed by atoms with Gasteiger partial charge in [0.05, 0.1) is 11.9 Å². The highest BCUT2D eigenvalue weighted by Crippen LogP contribution is 2.27. The van der Waals surface area contributed by atoms with Gasteiger partial charge in [0, 0.05) is 44.8 Å². The third kappa shape index (κ3) is 2.98. The smallest absolute Gasteiger partial charge is 0.289 e. The molecule has 5 rings (SSSR count). The SMILES string of the molecule is Cc1[nH]c2ccccc2c1C=NNC(=O)c1cc(-c2c[nH]c3ccccc23)n[nH]1. The summed E-state index contributed by atoms with van der Waals surface area (Å²) in [6, 6.07) is 17.7. The van der Waals surface area contributed by atoms with Crippen LogP contribution in [0.2, 0.25) is 0 Å². The molecule has 5 aromatic rings. The monoisotopic (exact) mass is 382 g/mol. The van der Waals surface area contributed by atoms with Crippen LogP contribution in [-0.4, -0.2) is 32.3 Å². The second-order valence-electron chi connectivity index (χ2n) is 6.82. The van der Waals surface area contributed by atoms with Gasteiger partial charge in [0.25, 0.3) is 5.91 Å². The number of amides is 1. The Bertz CT molecular complexity index is 1370. The third-order valence-electron chi connectivity index (χ3n) is 4.99. The van der Waals surface area contributed by atoms with Crippen molar-refractivity contribution >= 4 is 33.9 Å². The Morgan fingerprint density at radius 1 is 1.07 bits per heavy atom. The van der Waals surface area contributed by atoms with Crippen molar-refractivity contribution in [3.8, 4) is 11.3 Å². The number of nitrogens with one attached hydrogen (secondary N) is 4.